The number of carbonyl (C=O) groups excluding carboxylic acids is 1. The second-order valence-electron chi connectivity index (χ2n) is 6.69. The van der Waals surface area contributed by atoms with Crippen molar-refractivity contribution < 1.29 is 27.1 Å². The highest BCUT2D eigenvalue weighted by Gasteiger charge is 2.35. The molecule has 7 nitrogen and oxygen atoms in total. The number of amides is 1. The molecule has 0 aliphatic carbocycles. The summed E-state index contributed by atoms with van der Waals surface area (Å²) in [5.41, 5.74) is -0.777. The highest BCUT2D eigenvalue weighted by atomic mass is 35.5. The third-order valence-electron chi connectivity index (χ3n) is 4.59. The van der Waals surface area contributed by atoms with Gasteiger partial charge in [0.25, 0.3) is 5.91 Å². The van der Waals surface area contributed by atoms with Crippen molar-refractivity contribution in [1.29, 1.82) is 0 Å². The first-order valence-electron chi connectivity index (χ1n) is 9.51. The lowest BCUT2D eigenvalue weighted by Gasteiger charge is -2.19. The van der Waals surface area contributed by atoms with Crippen LogP contribution in [0.5, 0.6) is 5.75 Å². The first-order valence-corrected chi connectivity index (χ1v) is 9.89. The number of nitrogens with zero attached hydrogens (tertiary/aromatic N) is 3. The number of nitrogens with one attached hydrogen (secondary N) is 2. The molecule has 168 valence electrons. The zero-order valence-electron chi connectivity index (χ0n) is 16.5. The maximum absolute atomic E-state index is 13.1. The Hall–Kier alpha value is -2.82. The van der Waals surface area contributed by atoms with Crippen molar-refractivity contribution in [2.75, 3.05) is 37.1 Å². The Kier molecular flexibility index (Phi) is 7.04. The first-order chi connectivity index (χ1) is 14.7. The molecule has 12 heteroatoms. The Morgan fingerprint density at radius 3 is 2.61 bits per heavy atom. The number of likely N-dealkylation sites (tertiary alicyclic amines) is 1. The van der Waals surface area contributed by atoms with Gasteiger partial charge in [-0.3, -0.25) is 4.79 Å². The molecule has 1 amide bonds. The third-order valence-corrected chi connectivity index (χ3v) is 4.90. The predicted molar refractivity (Wildman–Crippen MR) is 108 cm³/mol. The van der Waals surface area contributed by atoms with E-state index in [0.717, 1.165) is 12.8 Å². The quantitative estimate of drug-likeness (QED) is 0.573. The Bertz CT molecular complexity index is 952. The number of hydrogen-bond acceptors (Lipinski definition) is 6. The average molecular weight is 462 g/mol. The van der Waals surface area contributed by atoms with Crippen molar-refractivity contribution in [2.45, 2.75) is 25.9 Å². The van der Waals surface area contributed by atoms with Crippen LogP contribution in [0.2, 0.25) is 5.02 Å². The minimum Gasteiger partial charge on any atom is -0.462 e. The lowest BCUT2D eigenvalue weighted by molar-refractivity contribution is -0.137. The summed E-state index contributed by atoms with van der Waals surface area (Å²) >= 11 is 6.27. The number of halogens is 5. The molecule has 0 radical (unpaired) electrons. The fourth-order valence-corrected chi connectivity index (χ4v) is 3.37. The van der Waals surface area contributed by atoms with E-state index in [2.05, 4.69) is 20.6 Å². The van der Waals surface area contributed by atoms with Gasteiger partial charge in [-0.1, -0.05) is 11.6 Å². The summed E-state index contributed by atoms with van der Waals surface area (Å²) in [6, 6.07) is 2.62. The molecular weight excluding hydrogens is 442 g/mol. The molecule has 2 heterocycles. The van der Waals surface area contributed by atoms with E-state index >= 15 is 0 Å². The number of rotatable bonds is 7. The summed E-state index contributed by atoms with van der Waals surface area (Å²) in [5, 5.41) is 5.31. The Morgan fingerprint density at radius 1 is 1.29 bits per heavy atom. The Morgan fingerprint density at radius 2 is 2.00 bits per heavy atom. The molecule has 2 aromatic rings. The van der Waals surface area contributed by atoms with E-state index in [-0.39, 0.29) is 40.4 Å². The fourth-order valence-electron chi connectivity index (χ4n) is 3.16. The number of anilines is 3. The number of aromatic nitrogens is 2. The van der Waals surface area contributed by atoms with Crippen LogP contribution in [0.4, 0.5) is 35.0 Å². The van der Waals surface area contributed by atoms with E-state index in [1.165, 1.54) is 12.1 Å². The molecule has 2 N–H and O–H groups in total. The molecule has 1 aliphatic heterocycles. The van der Waals surface area contributed by atoms with Crippen LogP contribution >= 0.6 is 11.6 Å². The van der Waals surface area contributed by atoms with Crippen LogP contribution in [-0.4, -0.2) is 47.3 Å². The zero-order valence-corrected chi connectivity index (χ0v) is 17.3. The lowest BCUT2D eigenvalue weighted by Crippen LogP contribution is -2.28. The largest absolute Gasteiger partial charge is 0.462 e. The van der Waals surface area contributed by atoms with Crippen LogP contribution in [0.3, 0.4) is 0 Å². The zero-order chi connectivity index (χ0) is 22.6. The molecule has 1 aromatic heterocycles. The van der Waals surface area contributed by atoms with Gasteiger partial charge in [0.15, 0.2) is 0 Å². The summed E-state index contributed by atoms with van der Waals surface area (Å²) in [6.45, 7) is 1.82. The molecule has 0 unspecified atom stereocenters. The second kappa shape index (κ2) is 9.54. The van der Waals surface area contributed by atoms with Crippen molar-refractivity contribution in [3.8, 4) is 5.75 Å². The minimum absolute atomic E-state index is 0.0508. The van der Waals surface area contributed by atoms with Crippen molar-refractivity contribution in [2.24, 2.45) is 0 Å². The average Bonchev–Trinajstić information content (AvgIpc) is 3.24. The lowest BCUT2D eigenvalue weighted by atomic mass is 10.1. The van der Waals surface area contributed by atoms with Crippen molar-refractivity contribution in [3.63, 3.8) is 0 Å². The summed E-state index contributed by atoms with van der Waals surface area (Å²) in [5.74, 6) is -0.958. The molecule has 31 heavy (non-hydrogen) atoms. The van der Waals surface area contributed by atoms with Crippen LogP contribution in [0, 0.1) is 0 Å². The van der Waals surface area contributed by atoms with Crippen LogP contribution in [0.25, 0.3) is 0 Å². The molecule has 0 spiro atoms. The molecular formula is C19H20ClF4N5O2. The van der Waals surface area contributed by atoms with Crippen molar-refractivity contribution in [1.82, 2.24) is 14.9 Å². The van der Waals surface area contributed by atoms with E-state index in [1.807, 2.05) is 0 Å². The van der Waals surface area contributed by atoms with Gasteiger partial charge in [-0.05, 0) is 25.8 Å². The molecule has 3 rings (SSSR count). The normalized spacial score (nSPS) is 13.9. The van der Waals surface area contributed by atoms with Crippen LogP contribution in [0.15, 0.2) is 18.3 Å². The molecule has 1 saturated heterocycles. The Labute approximate surface area is 180 Å². The number of benzene rings is 1. The predicted octanol–water partition coefficient (Wildman–Crippen LogP) is 4.87. The van der Waals surface area contributed by atoms with Crippen LogP contribution in [-0.2, 0) is 6.18 Å². The minimum atomic E-state index is -4.63. The fraction of sp³-hybridized carbons (Fsp3) is 0.421. The SMILES string of the molecule is CCNc1nc(Nc2cc(OCF)c(C(=O)N3CCCC3)cc2Cl)ncc1C(F)(F)F. The van der Waals surface area contributed by atoms with Gasteiger partial charge in [0.05, 0.1) is 16.3 Å². The first kappa shape index (κ1) is 22.9. The molecule has 0 atom stereocenters. The van der Waals surface area contributed by atoms with Crippen LogP contribution < -0.4 is 15.4 Å². The third kappa shape index (κ3) is 5.27. The molecule has 0 saturated carbocycles. The Balaban J connectivity index is 1.93. The number of alkyl halides is 4. The van der Waals surface area contributed by atoms with Crippen LogP contribution in [0.1, 0.15) is 35.7 Å². The van der Waals surface area contributed by atoms with Crippen molar-refractivity contribution >= 4 is 35.0 Å². The highest BCUT2D eigenvalue weighted by molar-refractivity contribution is 6.33. The maximum atomic E-state index is 13.1. The standard InChI is InChI=1S/C19H20ClF4N5O2/c1-2-25-16-12(19(22,23)24)9-26-18(28-16)27-14-8-15(31-10-21)11(7-13(14)20)17(30)29-5-3-4-6-29/h7-9H,2-6,10H2,1H3,(H2,25,26,27,28). The van der Waals surface area contributed by atoms with E-state index in [9.17, 15) is 22.4 Å². The highest BCUT2D eigenvalue weighted by Crippen LogP contribution is 2.36. The maximum Gasteiger partial charge on any atom is 0.421 e. The van der Waals surface area contributed by atoms with Gasteiger partial charge in [-0.25, -0.2) is 9.37 Å². The monoisotopic (exact) mass is 461 g/mol. The topological polar surface area (TPSA) is 79.4 Å². The van der Waals surface area contributed by atoms with Crippen molar-refractivity contribution in [3.05, 3.63) is 34.5 Å². The second-order valence-corrected chi connectivity index (χ2v) is 7.10. The summed E-state index contributed by atoms with van der Waals surface area (Å²) in [6.07, 6.45) is -2.24. The van der Waals surface area contributed by atoms with Gasteiger partial charge in [0.2, 0.25) is 12.8 Å². The number of ether oxygens (including phenoxy) is 1. The van der Waals surface area contributed by atoms with E-state index < -0.39 is 24.4 Å². The van der Waals surface area contributed by atoms with E-state index in [0.29, 0.717) is 19.3 Å². The van der Waals surface area contributed by atoms with Gasteiger partial charge in [0.1, 0.15) is 17.1 Å². The van der Waals surface area contributed by atoms with E-state index in [1.54, 1.807) is 11.8 Å². The number of carbonyl (C=O) groups is 1. The van der Waals surface area contributed by atoms with E-state index in [4.69, 9.17) is 16.3 Å². The smallest absolute Gasteiger partial charge is 0.421 e. The number of hydrogen-bond donors (Lipinski definition) is 2. The van der Waals surface area contributed by atoms with Gasteiger partial charge in [0, 0.05) is 31.9 Å². The van der Waals surface area contributed by atoms with Gasteiger partial charge in [-0.2, -0.15) is 18.2 Å². The summed E-state index contributed by atoms with van der Waals surface area (Å²) in [7, 11) is 0. The van der Waals surface area contributed by atoms with Gasteiger partial charge in [-0.15, -0.1) is 0 Å². The molecule has 1 aromatic carbocycles. The molecule has 1 fully saturated rings. The molecule has 1 aliphatic rings. The summed E-state index contributed by atoms with van der Waals surface area (Å²) in [4.78, 5) is 21.9. The molecule has 0 bridgehead atoms. The summed E-state index contributed by atoms with van der Waals surface area (Å²) < 4.78 is 57.3. The van der Waals surface area contributed by atoms with Gasteiger partial charge < -0.3 is 20.3 Å². The van der Waals surface area contributed by atoms with Gasteiger partial charge >= 0.3 is 6.18 Å².